The molecule has 0 amide bonds. The predicted molar refractivity (Wildman–Crippen MR) is 94.9 cm³/mol. The van der Waals surface area contributed by atoms with E-state index < -0.39 is 30.1 Å². The van der Waals surface area contributed by atoms with Gasteiger partial charge in [-0.25, -0.2) is 0 Å². The number of nitrogens with zero attached hydrogens (tertiary/aromatic N) is 2. The zero-order valence-electron chi connectivity index (χ0n) is 14.4. The molecule has 0 bridgehead atoms. The summed E-state index contributed by atoms with van der Waals surface area (Å²) in [6, 6.07) is 7.56. The van der Waals surface area contributed by atoms with Gasteiger partial charge >= 0.3 is 0 Å². The van der Waals surface area contributed by atoms with E-state index in [0.717, 1.165) is 49.6 Å². The first kappa shape index (κ1) is 23.1. The number of benzene rings is 2. The zero-order valence-corrected chi connectivity index (χ0v) is 16.0. The molecule has 0 atom stereocenters. The van der Waals surface area contributed by atoms with Crippen LogP contribution in [0.1, 0.15) is 5.56 Å². The van der Waals surface area contributed by atoms with Crippen molar-refractivity contribution < 1.29 is 35.4 Å². The molecule has 2 aromatic rings. The molecule has 2 rings (SSSR count). The van der Waals surface area contributed by atoms with Gasteiger partial charge in [-0.15, -0.1) is 0 Å². The monoisotopic (exact) mass is 434 g/mol. The molecule has 28 heavy (non-hydrogen) atoms. The summed E-state index contributed by atoms with van der Waals surface area (Å²) in [5.74, 6) is 0. The van der Waals surface area contributed by atoms with Crippen LogP contribution in [-0.2, 0) is 24.4 Å². The molecule has 0 unspecified atom stereocenters. The molecule has 14 heteroatoms. The standard InChI is InChI=1S/2C7H7NO5S/c1-13-14(11,12)7-4-2-6(3-5-7)8(9)10;1-5-4-6(8(9)10)2-3-7(5)14(11,12)13/h2-5H,1H3;2-4H,1H3,(H,11,12,13). The summed E-state index contributed by atoms with van der Waals surface area (Å²) in [5, 5.41) is 20.6. The van der Waals surface area contributed by atoms with Crippen molar-refractivity contribution in [1.82, 2.24) is 0 Å². The second-order valence-electron chi connectivity index (χ2n) is 5.05. The van der Waals surface area contributed by atoms with E-state index in [2.05, 4.69) is 4.18 Å². The summed E-state index contributed by atoms with van der Waals surface area (Å²) in [6.07, 6.45) is 0. The van der Waals surface area contributed by atoms with Crippen LogP contribution in [0.5, 0.6) is 0 Å². The SMILES string of the molecule is COS(=O)(=O)c1ccc([N+](=O)[O-])cc1.Cc1cc([N+](=O)[O-])ccc1S(=O)(=O)O. The van der Waals surface area contributed by atoms with Crippen LogP contribution in [0.2, 0.25) is 0 Å². The number of non-ortho nitro benzene ring substituents is 2. The largest absolute Gasteiger partial charge is 0.296 e. The van der Waals surface area contributed by atoms with Crippen molar-refractivity contribution in [3.8, 4) is 0 Å². The molecule has 0 saturated heterocycles. The Bertz CT molecular complexity index is 1090. The molecule has 12 nitrogen and oxygen atoms in total. The summed E-state index contributed by atoms with van der Waals surface area (Å²) in [4.78, 5) is 18.9. The molecule has 0 aliphatic heterocycles. The number of aryl methyl sites for hydroxylation is 1. The fourth-order valence-corrected chi connectivity index (χ4v) is 3.24. The van der Waals surface area contributed by atoms with Gasteiger partial charge in [-0.1, -0.05) is 0 Å². The molecule has 1 N–H and O–H groups in total. The van der Waals surface area contributed by atoms with Crippen molar-refractivity contribution in [1.29, 1.82) is 0 Å². The van der Waals surface area contributed by atoms with Gasteiger partial charge in [0.05, 0.1) is 26.7 Å². The molecular formula is C14H14N2O10S2. The van der Waals surface area contributed by atoms with E-state index in [9.17, 15) is 37.1 Å². The Morgan fingerprint density at radius 2 is 1.36 bits per heavy atom. The average molecular weight is 434 g/mol. The summed E-state index contributed by atoms with van der Waals surface area (Å²) >= 11 is 0. The van der Waals surface area contributed by atoms with Crippen molar-refractivity contribution in [3.63, 3.8) is 0 Å². The number of hydrogen-bond acceptors (Lipinski definition) is 9. The summed E-state index contributed by atoms with van der Waals surface area (Å²) in [7, 11) is -7.04. The van der Waals surface area contributed by atoms with E-state index in [4.69, 9.17) is 4.55 Å². The van der Waals surface area contributed by atoms with Gasteiger partial charge in [-0.05, 0) is 30.7 Å². The molecule has 0 heterocycles. The van der Waals surface area contributed by atoms with Crippen LogP contribution in [0, 0.1) is 27.2 Å². The highest BCUT2D eigenvalue weighted by Crippen LogP contribution is 2.20. The van der Waals surface area contributed by atoms with Crippen LogP contribution in [-0.4, -0.2) is 38.3 Å². The van der Waals surface area contributed by atoms with Crippen molar-refractivity contribution >= 4 is 31.6 Å². The van der Waals surface area contributed by atoms with Crippen molar-refractivity contribution in [2.24, 2.45) is 0 Å². The minimum absolute atomic E-state index is 0.106. The van der Waals surface area contributed by atoms with Gasteiger partial charge in [0.15, 0.2) is 0 Å². The molecule has 0 aliphatic rings. The smallest absolute Gasteiger partial charge is 0.282 e. The van der Waals surface area contributed by atoms with Crippen LogP contribution in [0.3, 0.4) is 0 Å². The average Bonchev–Trinajstić information content (AvgIpc) is 2.61. The molecule has 0 fully saturated rings. The molecule has 152 valence electrons. The molecule has 0 spiro atoms. The summed E-state index contributed by atoms with van der Waals surface area (Å²) in [6.45, 7) is 1.37. The lowest BCUT2D eigenvalue weighted by molar-refractivity contribution is -0.385. The van der Waals surface area contributed by atoms with Crippen molar-refractivity contribution in [2.75, 3.05) is 7.11 Å². The van der Waals surface area contributed by atoms with Gasteiger partial charge in [0.2, 0.25) is 0 Å². The Morgan fingerprint density at radius 3 is 1.71 bits per heavy atom. The Hall–Kier alpha value is -2.94. The third kappa shape index (κ3) is 6.05. The Balaban J connectivity index is 0.000000280. The lowest BCUT2D eigenvalue weighted by Crippen LogP contribution is -2.02. The quantitative estimate of drug-likeness (QED) is 0.316. The van der Waals surface area contributed by atoms with E-state index in [1.54, 1.807) is 0 Å². The normalized spacial score (nSPS) is 11.2. The van der Waals surface area contributed by atoms with Gasteiger partial charge in [-0.3, -0.25) is 29.0 Å². The molecular weight excluding hydrogens is 420 g/mol. The van der Waals surface area contributed by atoms with Gasteiger partial charge in [-0.2, -0.15) is 16.8 Å². The van der Waals surface area contributed by atoms with Crippen LogP contribution in [0.4, 0.5) is 11.4 Å². The minimum Gasteiger partial charge on any atom is -0.282 e. The maximum absolute atomic E-state index is 11.1. The second kappa shape index (κ2) is 8.83. The summed E-state index contributed by atoms with van der Waals surface area (Å²) < 4.78 is 56.5. The highest BCUT2D eigenvalue weighted by atomic mass is 32.2. The minimum atomic E-state index is -4.30. The van der Waals surface area contributed by atoms with Crippen LogP contribution >= 0.6 is 0 Å². The third-order valence-corrected chi connectivity index (χ3v) is 5.51. The van der Waals surface area contributed by atoms with Gasteiger partial charge < -0.3 is 0 Å². The van der Waals surface area contributed by atoms with Crippen LogP contribution < -0.4 is 0 Å². The van der Waals surface area contributed by atoms with Gasteiger partial charge in [0.1, 0.15) is 0 Å². The number of hydrogen-bond donors (Lipinski definition) is 1. The molecule has 0 aliphatic carbocycles. The predicted octanol–water partition coefficient (Wildman–Crippen LogP) is 2.08. The van der Waals surface area contributed by atoms with E-state index in [-0.39, 0.29) is 26.7 Å². The van der Waals surface area contributed by atoms with E-state index in [0.29, 0.717) is 0 Å². The van der Waals surface area contributed by atoms with Crippen molar-refractivity contribution in [2.45, 2.75) is 16.7 Å². The van der Waals surface area contributed by atoms with E-state index in [1.807, 2.05) is 0 Å². The highest BCUT2D eigenvalue weighted by Gasteiger charge is 2.16. The first-order chi connectivity index (χ1) is 12.8. The highest BCUT2D eigenvalue weighted by molar-refractivity contribution is 7.86. The first-order valence-electron chi connectivity index (χ1n) is 7.07. The zero-order chi connectivity index (χ0) is 21.7. The third-order valence-electron chi connectivity index (χ3n) is 3.20. The molecule has 0 aromatic heterocycles. The number of nitro benzene ring substituents is 2. The van der Waals surface area contributed by atoms with Crippen LogP contribution in [0.25, 0.3) is 0 Å². The van der Waals surface area contributed by atoms with Crippen LogP contribution in [0.15, 0.2) is 52.3 Å². The fraction of sp³-hybridized carbons (Fsp3) is 0.143. The summed E-state index contributed by atoms with van der Waals surface area (Å²) in [5.41, 5.74) is -0.239. The second-order valence-corrected chi connectivity index (χ2v) is 8.16. The van der Waals surface area contributed by atoms with E-state index >= 15 is 0 Å². The Labute approximate surface area is 159 Å². The van der Waals surface area contributed by atoms with E-state index in [1.165, 1.54) is 6.92 Å². The number of nitro groups is 2. The fourth-order valence-electron chi connectivity index (χ4n) is 1.87. The van der Waals surface area contributed by atoms with Gasteiger partial charge in [0.25, 0.3) is 31.6 Å². The Morgan fingerprint density at radius 1 is 0.893 bits per heavy atom. The maximum Gasteiger partial charge on any atom is 0.296 e. The maximum atomic E-state index is 11.1. The lowest BCUT2D eigenvalue weighted by Gasteiger charge is -2.00. The lowest BCUT2D eigenvalue weighted by atomic mass is 10.2. The molecule has 0 saturated carbocycles. The molecule has 2 aromatic carbocycles. The topological polar surface area (TPSA) is 184 Å². The first-order valence-corrected chi connectivity index (χ1v) is 9.92. The van der Waals surface area contributed by atoms with Gasteiger partial charge in [0, 0.05) is 24.3 Å². The Kier molecular flexibility index (Phi) is 7.29. The molecule has 0 radical (unpaired) electrons. The van der Waals surface area contributed by atoms with Crippen molar-refractivity contribution in [3.05, 3.63) is 68.3 Å². The number of rotatable bonds is 5.